The minimum atomic E-state index is -3.40. The standard InChI is InChI=1S/C14H20N2O4S/c1-11-2-6-13(7-3-11)15-21(19,20)10-12-4-8-14(9-5-12)16(17)18/h4-5,8-9,11,13,15H,2-3,6-7,10H2,1H3. The number of nitrogens with zero attached hydrogens (tertiary/aromatic N) is 1. The zero-order valence-corrected chi connectivity index (χ0v) is 12.8. The molecule has 6 nitrogen and oxygen atoms in total. The quantitative estimate of drug-likeness (QED) is 0.668. The number of nitro benzene ring substituents is 1. The third kappa shape index (κ3) is 4.78. The summed E-state index contributed by atoms with van der Waals surface area (Å²) >= 11 is 0. The van der Waals surface area contributed by atoms with Gasteiger partial charge in [0.1, 0.15) is 0 Å². The number of rotatable bonds is 5. The lowest BCUT2D eigenvalue weighted by atomic mass is 9.88. The molecular weight excluding hydrogens is 292 g/mol. The second-order valence-electron chi connectivity index (χ2n) is 5.76. The Bertz CT molecular complexity index is 590. The van der Waals surface area contributed by atoms with Crippen LogP contribution in [0.5, 0.6) is 0 Å². The number of benzene rings is 1. The Kier molecular flexibility index (Phi) is 4.95. The van der Waals surface area contributed by atoms with Crippen LogP contribution in [0.4, 0.5) is 5.69 Å². The summed E-state index contributed by atoms with van der Waals surface area (Å²) in [5.41, 5.74) is 0.516. The molecule has 0 saturated heterocycles. The molecule has 21 heavy (non-hydrogen) atoms. The molecule has 0 atom stereocenters. The summed E-state index contributed by atoms with van der Waals surface area (Å²) < 4.78 is 27.0. The van der Waals surface area contributed by atoms with Gasteiger partial charge in [-0.2, -0.15) is 0 Å². The Hall–Kier alpha value is -1.47. The smallest absolute Gasteiger partial charge is 0.258 e. The second kappa shape index (κ2) is 6.53. The van der Waals surface area contributed by atoms with Crippen molar-refractivity contribution in [3.63, 3.8) is 0 Å². The molecule has 0 radical (unpaired) electrons. The van der Waals surface area contributed by atoms with E-state index in [1.165, 1.54) is 24.3 Å². The Balaban J connectivity index is 1.95. The molecule has 0 amide bonds. The first-order chi connectivity index (χ1) is 9.85. The fraction of sp³-hybridized carbons (Fsp3) is 0.571. The third-order valence-electron chi connectivity index (χ3n) is 3.87. The zero-order valence-electron chi connectivity index (χ0n) is 12.0. The van der Waals surface area contributed by atoms with Crippen LogP contribution in [-0.2, 0) is 15.8 Å². The predicted octanol–water partition coefficient (Wildman–Crippen LogP) is 2.59. The van der Waals surface area contributed by atoms with Crippen LogP contribution >= 0.6 is 0 Å². The van der Waals surface area contributed by atoms with E-state index in [0.29, 0.717) is 11.5 Å². The molecule has 116 valence electrons. The van der Waals surface area contributed by atoms with Crippen LogP contribution in [-0.4, -0.2) is 19.4 Å². The normalized spacial score (nSPS) is 22.9. The average molecular weight is 312 g/mol. The van der Waals surface area contributed by atoms with E-state index in [1.807, 2.05) is 0 Å². The summed E-state index contributed by atoms with van der Waals surface area (Å²) in [6.45, 7) is 2.18. The average Bonchev–Trinajstić information content (AvgIpc) is 2.41. The number of sulfonamides is 1. The van der Waals surface area contributed by atoms with Crippen LogP contribution < -0.4 is 4.72 Å². The zero-order chi connectivity index (χ0) is 15.5. The Labute approximate surface area is 124 Å². The maximum absolute atomic E-state index is 12.1. The van der Waals surface area contributed by atoms with E-state index in [4.69, 9.17) is 0 Å². The molecule has 0 heterocycles. The lowest BCUT2D eigenvalue weighted by Gasteiger charge is -2.26. The van der Waals surface area contributed by atoms with Crippen molar-refractivity contribution in [2.45, 2.75) is 44.4 Å². The maximum atomic E-state index is 12.1. The van der Waals surface area contributed by atoms with E-state index in [2.05, 4.69) is 11.6 Å². The molecule has 2 rings (SSSR count). The first-order valence-electron chi connectivity index (χ1n) is 7.09. The second-order valence-corrected chi connectivity index (χ2v) is 7.51. The summed E-state index contributed by atoms with van der Waals surface area (Å²) in [6.07, 6.45) is 3.84. The van der Waals surface area contributed by atoms with Gasteiger partial charge >= 0.3 is 0 Å². The highest BCUT2D eigenvalue weighted by atomic mass is 32.2. The molecule has 1 aliphatic rings. The van der Waals surface area contributed by atoms with Gasteiger partial charge in [-0.3, -0.25) is 10.1 Å². The summed E-state index contributed by atoms with van der Waals surface area (Å²) in [7, 11) is -3.40. The molecule has 7 heteroatoms. The number of nitrogens with one attached hydrogen (secondary N) is 1. The van der Waals surface area contributed by atoms with Crippen molar-refractivity contribution in [3.8, 4) is 0 Å². The van der Waals surface area contributed by atoms with E-state index < -0.39 is 14.9 Å². The molecule has 0 aliphatic heterocycles. The fourth-order valence-corrected chi connectivity index (χ4v) is 4.07. The van der Waals surface area contributed by atoms with Crippen LogP contribution in [0.1, 0.15) is 38.2 Å². The van der Waals surface area contributed by atoms with Gasteiger partial charge in [0.2, 0.25) is 10.0 Å². The summed E-state index contributed by atoms with van der Waals surface area (Å²) in [4.78, 5) is 10.1. The topological polar surface area (TPSA) is 89.3 Å². The molecule has 1 aromatic carbocycles. The molecule has 1 fully saturated rings. The largest absolute Gasteiger partial charge is 0.269 e. The summed E-state index contributed by atoms with van der Waals surface area (Å²) in [6, 6.07) is 5.64. The lowest BCUT2D eigenvalue weighted by Crippen LogP contribution is -2.37. The number of nitro groups is 1. The molecule has 1 aliphatic carbocycles. The van der Waals surface area contributed by atoms with Gasteiger partial charge in [-0.1, -0.05) is 19.1 Å². The third-order valence-corrected chi connectivity index (χ3v) is 5.27. The van der Waals surface area contributed by atoms with Crippen molar-refractivity contribution in [3.05, 3.63) is 39.9 Å². The van der Waals surface area contributed by atoms with Crippen LogP contribution in [0.3, 0.4) is 0 Å². The van der Waals surface area contributed by atoms with Gasteiger partial charge in [-0.25, -0.2) is 13.1 Å². The van der Waals surface area contributed by atoms with Crippen molar-refractivity contribution < 1.29 is 13.3 Å². The maximum Gasteiger partial charge on any atom is 0.269 e. The first-order valence-corrected chi connectivity index (χ1v) is 8.74. The van der Waals surface area contributed by atoms with Gasteiger partial charge < -0.3 is 0 Å². The Morgan fingerprint density at radius 1 is 1.19 bits per heavy atom. The number of non-ortho nitro benzene ring substituents is 1. The number of hydrogen-bond donors (Lipinski definition) is 1. The number of hydrogen-bond acceptors (Lipinski definition) is 4. The lowest BCUT2D eigenvalue weighted by molar-refractivity contribution is -0.384. The van der Waals surface area contributed by atoms with E-state index in [1.54, 1.807) is 0 Å². The molecule has 0 spiro atoms. The van der Waals surface area contributed by atoms with E-state index >= 15 is 0 Å². The molecule has 1 saturated carbocycles. The molecular formula is C14H20N2O4S. The molecule has 0 aromatic heterocycles. The SMILES string of the molecule is CC1CCC(NS(=O)(=O)Cc2ccc([N+](=O)[O-])cc2)CC1. The van der Waals surface area contributed by atoms with Crippen LogP contribution in [0.25, 0.3) is 0 Å². The van der Waals surface area contributed by atoms with Crippen LogP contribution in [0.2, 0.25) is 0 Å². The predicted molar refractivity (Wildman–Crippen MR) is 80.3 cm³/mol. The van der Waals surface area contributed by atoms with Gasteiger partial charge in [0.15, 0.2) is 0 Å². The minimum absolute atomic E-state index is 0.0178. The van der Waals surface area contributed by atoms with Crippen molar-refractivity contribution in [1.82, 2.24) is 4.72 Å². The Morgan fingerprint density at radius 3 is 2.29 bits per heavy atom. The van der Waals surface area contributed by atoms with E-state index in [0.717, 1.165) is 25.7 Å². The Morgan fingerprint density at radius 2 is 1.76 bits per heavy atom. The highest BCUT2D eigenvalue weighted by molar-refractivity contribution is 7.88. The monoisotopic (exact) mass is 312 g/mol. The first kappa shape index (κ1) is 15.9. The van der Waals surface area contributed by atoms with Crippen molar-refractivity contribution in [2.24, 2.45) is 5.92 Å². The summed E-state index contributed by atoms with van der Waals surface area (Å²) in [5, 5.41) is 10.6. The molecule has 0 bridgehead atoms. The van der Waals surface area contributed by atoms with Crippen LogP contribution in [0, 0.1) is 16.0 Å². The van der Waals surface area contributed by atoms with E-state index in [9.17, 15) is 18.5 Å². The van der Waals surface area contributed by atoms with E-state index in [-0.39, 0.29) is 17.5 Å². The highest BCUT2D eigenvalue weighted by Gasteiger charge is 2.23. The van der Waals surface area contributed by atoms with Gasteiger partial charge in [-0.05, 0) is 37.2 Å². The van der Waals surface area contributed by atoms with Gasteiger partial charge in [0.05, 0.1) is 10.7 Å². The van der Waals surface area contributed by atoms with Crippen LogP contribution in [0.15, 0.2) is 24.3 Å². The van der Waals surface area contributed by atoms with Gasteiger partial charge in [0, 0.05) is 18.2 Å². The molecule has 1 aromatic rings. The van der Waals surface area contributed by atoms with Crippen molar-refractivity contribution >= 4 is 15.7 Å². The van der Waals surface area contributed by atoms with Gasteiger partial charge in [-0.15, -0.1) is 0 Å². The van der Waals surface area contributed by atoms with Gasteiger partial charge in [0.25, 0.3) is 5.69 Å². The fourth-order valence-electron chi connectivity index (χ4n) is 2.61. The highest BCUT2D eigenvalue weighted by Crippen LogP contribution is 2.24. The molecule has 1 N–H and O–H groups in total. The van der Waals surface area contributed by atoms with Crippen molar-refractivity contribution in [1.29, 1.82) is 0 Å². The summed E-state index contributed by atoms with van der Waals surface area (Å²) in [5.74, 6) is 0.525. The molecule has 0 unspecified atom stereocenters. The van der Waals surface area contributed by atoms with Crippen molar-refractivity contribution in [2.75, 3.05) is 0 Å². The minimum Gasteiger partial charge on any atom is -0.258 e.